The first-order valence-corrected chi connectivity index (χ1v) is 6.49. The van der Waals surface area contributed by atoms with E-state index in [1.54, 1.807) is 20.8 Å². The summed E-state index contributed by atoms with van der Waals surface area (Å²) in [6, 6.07) is 0. The molecule has 1 fully saturated rings. The van der Waals surface area contributed by atoms with Gasteiger partial charge in [0.25, 0.3) is 0 Å². The lowest BCUT2D eigenvalue weighted by molar-refractivity contribution is -0.177. The molecular weight excluding hydrogens is 236 g/mol. The predicted octanol–water partition coefficient (Wildman–Crippen LogP) is 1.55. The minimum Gasteiger partial charge on any atom is -0.465 e. The van der Waals surface area contributed by atoms with Crippen molar-refractivity contribution in [1.29, 1.82) is 0 Å². The number of esters is 2. The number of hydrogen-bond acceptors (Lipinski definition) is 5. The van der Waals surface area contributed by atoms with Gasteiger partial charge < -0.3 is 14.2 Å². The van der Waals surface area contributed by atoms with E-state index < -0.39 is 17.4 Å². The Kier molecular flexibility index (Phi) is 5.59. The first-order chi connectivity index (χ1) is 8.57. The molecule has 5 nitrogen and oxygen atoms in total. The van der Waals surface area contributed by atoms with Crippen molar-refractivity contribution >= 4 is 11.9 Å². The van der Waals surface area contributed by atoms with E-state index in [-0.39, 0.29) is 19.1 Å². The SMILES string of the molecule is CCOC(=O)C(C)(C(=O)OCC)C1CCOCC1. The highest BCUT2D eigenvalue weighted by Gasteiger charge is 2.50. The number of carbonyl (C=O) groups excluding carboxylic acids is 2. The van der Waals surface area contributed by atoms with Gasteiger partial charge in [0.15, 0.2) is 5.41 Å². The normalized spacial score (nSPS) is 17.3. The molecule has 1 aliphatic rings. The van der Waals surface area contributed by atoms with Crippen LogP contribution >= 0.6 is 0 Å². The number of carbonyl (C=O) groups is 2. The van der Waals surface area contributed by atoms with E-state index in [0.717, 1.165) is 0 Å². The molecule has 0 radical (unpaired) electrons. The summed E-state index contributed by atoms with van der Waals surface area (Å²) < 4.78 is 15.4. The zero-order valence-electron chi connectivity index (χ0n) is 11.4. The summed E-state index contributed by atoms with van der Waals surface area (Å²) >= 11 is 0. The quantitative estimate of drug-likeness (QED) is 0.553. The van der Waals surface area contributed by atoms with Crippen LogP contribution in [0.25, 0.3) is 0 Å². The molecule has 18 heavy (non-hydrogen) atoms. The highest BCUT2D eigenvalue weighted by atomic mass is 16.6. The van der Waals surface area contributed by atoms with Gasteiger partial charge in [0.2, 0.25) is 0 Å². The van der Waals surface area contributed by atoms with E-state index in [9.17, 15) is 9.59 Å². The van der Waals surface area contributed by atoms with Crippen LogP contribution in [0.15, 0.2) is 0 Å². The summed E-state index contributed by atoms with van der Waals surface area (Å²) in [5.74, 6) is -1.06. The maximum atomic E-state index is 12.1. The monoisotopic (exact) mass is 258 g/mol. The Bertz CT molecular complexity index is 276. The van der Waals surface area contributed by atoms with Crippen molar-refractivity contribution in [2.75, 3.05) is 26.4 Å². The van der Waals surface area contributed by atoms with E-state index in [2.05, 4.69) is 0 Å². The van der Waals surface area contributed by atoms with Crippen LogP contribution < -0.4 is 0 Å². The smallest absolute Gasteiger partial charge is 0.323 e. The Hall–Kier alpha value is -1.10. The lowest BCUT2D eigenvalue weighted by Crippen LogP contribution is -2.47. The second-order valence-electron chi connectivity index (χ2n) is 4.53. The predicted molar refractivity (Wildman–Crippen MR) is 64.9 cm³/mol. The van der Waals surface area contributed by atoms with Gasteiger partial charge in [-0.25, -0.2) is 0 Å². The highest BCUT2D eigenvalue weighted by molar-refractivity contribution is 6.00. The largest absolute Gasteiger partial charge is 0.465 e. The van der Waals surface area contributed by atoms with E-state index in [0.29, 0.717) is 26.1 Å². The first-order valence-electron chi connectivity index (χ1n) is 6.49. The van der Waals surface area contributed by atoms with Crippen molar-refractivity contribution in [1.82, 2.24) is 0 Å². The van der Waals surface area contributed by atoms with Gasteiger partial charge in [0.05, 0.1) is 13.2 Å². The fourth-order valence-corrected chi connectivity index (χ4v) is 2.25. The fourth-order valence-electron chi connectivity index (χ4n) is 2.25. The third-order valence-corrected chi connectivity index (χ3v) is 3.44. The van der Waals surface area contributed by atoms with Crippen LogP contribution in [0.5, 0.6) is 0 Å². The number of rotatable bonds is 5. The second-order valence-corrected chi connectivity index (χ2v) is 4.53. The van der Waals surface area contributed by atoms with Crippen LogP contribution in [0.4, 0.5) is 0 Å². The Morgan fingerprint density at radius 2 is 1.56 bits per heavy atom. The number of hydrogen-bond donors (Lipinski definition) is 0. The molecule has 0 amide bonds. The molecule has 0 aliphatic carbocycles. The topological polar surface area (TPSA) is 61.8 Å². The third-order valence-electron chi connectivity index (χ3n) is 3.44. The standard InChI is InChI=1S/C13H22O5/c1-4-17-11(14)13(3,12(15)18-5-2)10-6-8-16-9-7-10/h10H,4-9H2,1-3H3. The fraction of sp³-hybridized carbons (Fsp3) is 0.846. The minimum absolute atomic E-state index is 0.0793. The van der Waals surface area contributed by atoms with Gasteiger partial charge in [-0.15, -0.1) is 0 Å². The van der Waals surface area contributed by atoms with E-state index in [1.807, 2.05) is 0 Å². The summed E-state index contributed by atoms with van der Waals surface area (Å²) in [4.78, 5) is 24.2. The maximum absolute atomic E-state index is 12.1. The molecule has 0 atom stereocenters. The van der Waals surface area contributed by atoms with Crippen molar-refractivity contribution in [3.05, 3.63) is 0 Å². The van der Waals surface area contributed by atoms with Crippen molar-refractivity contribution in [3.63, 3.8) is 0 Å². The Balaban J connectivity index is 2.91. The molecule has 1 heterocycles. The lowest BCUT2D eigenvalue weighted by atomic mass is 9.73. The van der Waals surface area contributed by atoms with Gasteiger partial charge in [-0.2, -0.15) is 0 Å². The van der Waals surface area contributed by atoms with Crippen LogP contribution in [0.1, 0.15) is 33.6 Å². The molecule has 0 N–H and O–H groups in total. The summed E-state index contributed by atoms with van der Waals surface area (Å²) in [6.45, 7) is 6.74. The van der Waals surface area contributed by atoms with Crippen LogP contribution in [-0.4, -0.2) is 38.4 Å². The molecule has 104 valence electrons. The van der Waals surface area contributed by atoms with E-state index in [4.69, 9.17) is 14.2 Å². The summed E-state index contributed by atoms with van der Waals surface area (Å²) in [6.07, 6.45) is 1.35. The summed E-state index contributed by atoms with van der Waals surface area (Å²) in [7, 11) is 0. The van der Waals surface area contributed by atoms with Crippen molar-refractivity contribution in [3.8, 4) is 0 Å². The molecule has 0 unspecified atom stereocenters. The second kappa shape index (κ2) is 6.73. The van der Waals surface area contributed by atoms with Gasteiger partial charge >= 0.3 is 11.9 Å². The maximum Gasteiger partial charge on any atom is 0.323 e. The summed E-state index contributed by atoms with van der Waals surface area (Å²) in [5.41, 5.74) is -1.21. The first kappa shape index (κ1) is 15.0. The summed E-state index contributed by atoms with van der Waals surface area (Å²) in [5, 5.41) is 0. The zero-order chi connectivity index (χ0) is 13.6. The van der Waals surface area contributed by atoms with Crippen LogP contribution in [0.2, 0.25) is 0 Å². The van der Waals surface area contributed by atoms with Gasteiger partial charge in [0.1, 0.15) is 0 Å². The van der Waals surface area contributed by atoms with Crippen LogP contribution in [0.3, 0.4) is 0 Å². The molecule has 0 aromatic heterocycles. The Morgan fingerprint density at radius 1 is 1.11 bits per heavy atom. The average molecular weight is 258 g/mol. The molecule has 0 bridgehead atoms. The Labute approximate surface area is 108 Å². The molecule has 0 aromatic rings. The van der Waals surface area contributed by atoms with Gasteiger partial charge in [-0.05, 0) is 39.5 Å². The molecule has 0 spiro atoms. The number of ether oxygens (including phenoxy) is 3. The molecule has 0 aromatic carbocycles. The Morgan fingerprint density at radius 3 is 1.94 bits per heavy atom. The molecule has 1 saturated heterocycles. The molecule has 1 rings (SSSR count). The van der Waals surface area contributed by atoms with Gasteiger partial charge in [0, 0.05) is 13.2 Å². The van der Waals surface area contributed by atoms with Crippen LogP contribution in [0, 0.1) is 11.3 Å². The van der Waals surface area contributed by atoms with Crippen molar-refractivity contribution < 1.29 is 23.8 Å². The van der Waals surface area contributed by atoms with Crippen LogP contribution in [-0.2, 0) is 23.8 Å². The third kappa shape index (κ3) is 3.02. The highest BCUT2D eigenvalue weighted by Crippen LogP contribution is 2.37. The van der Waals surface area contributed by atoms with E-state index in [1.165, 1.54) is 0 Å². The molecule has 1 aliphatic heterocycles. The van der Waals surface area contributed by atoms with E-state index >= 15 is 0 Å². The molecular formula is C13H22O5. The lowest BCUT2D eigenvalue weighted by Gasteiger charge is -2.35. The van der Waals surface area contributed by atoms with Crippen molar-refractivity contribution in [2.45, 2.75) is 33.6 Å². The zero-order valence-corrected chi connectivity index (χ0v) is 11.4. The van der Waals surface area contributed by atoms with Gasteiger partial charge in [-0.1, -0.05) is 0 Å². The van der Waals surface area contributed by atoms with Crippen molar-refractivity contribution in [2.24, 2.45) is 11.3 Å². The minimum atomic E-state index is -1.21. The molecule has 0 saturated carbocycles. The average Bonchev–Trinajstić information content (AvgIpc) is 2.39. The van der Waals surface area contributed by atoms with Gasteiger partial charge in [-0.3, -0.25) is 9.59 Å². The molecule has 5 heteroatoms.